The van der Waals surface area contributed by atoms with Crippen LogP contribution in [0.3, 0.4) is 0 Å². The number of pyridine rings is 5. The fourth-order valence-corrected chi connectivity index (χ4v) is 12.7. The van der Waals surface area contributed by atoms with Crippen LogP contribution in [0.25, 0.3) is 20.9 Å². The monoisotopic (exact) mass is 1820 g/mol. The van der Waals surface area contributed by atoms with Gasteiger partial charge in [0.2, 0.25) is 5.91 Å². The van der Waals surface area contributed by atoms with Crippen molar-refractivity contribution in [1.82, 2.24) is 30.2 Å². The molecule has 0 saturated heterocycles. The van der Waals surface area contributed by atoms with Crippen molar-refractivity contribution in [3.05, 3.63) is 254 Å². The Morgan fingerprint density at radius 1 is 0.533 bits per heavy atom. The van der Waals surface area contributed by atoms with Crippen molar-refractivity contribution in [3.63, 3.8) is 0 Å². The molecule has 0 fully saturated rings. The molecule has 2 aromatic carbocycles. The van der Waals surface area contributed by atoms with Crippen molar-refractivity contribution >= 4 is 142 Å². The largest absolute Gasteiger partial charge is 1.00 e. The molecule has 1 amide bonds. The average molecular weight is 1820 g/mol. The van der Waals surface area contributed by atoms with E-state index in [2.05, 4.69) is 58.9 Å². The summed E-state index contributed by atoms with van der Waals surface area (Å²) in [5.74, 6) is -6.26. The maximum absolute atomic E-state index is 12.4. The second kappa shape index (κ2) is 61.1. The summed E-state index contributed by atoms with van der Waals surface area (Å²) in [6, 6.07) is 33.4. The summed E-state index contributed by atoms with van der Waals surface area (Å²) >= 11 is 21.2. The number of fused-ring (bicyclic) bond motifs is 2. The molecule has 2 unspecified atom stereocenters. The number of esters is 4. The molecule has 2 aliphatic heterocycles. The number of halogens is 5. The van der Waals surface area contributed by atoms with Crippen molar-refractivity contribution in [2.24, 2.45) is 17.6 Å². The Kier molecular flexibility index (Phi) is 57.5. The number of nitrogens with zero attached hydrogens (tertiary/aromatic N) is 5. The molecule has 7 aromatic heterocycles. The number of aromatic nitrogens is 5. The molecule has 7 N–H and O–H groups in total. The summed E-state index contributed by atoms with van der Waals surface area (Å²) in [7, 11) is 0. The van der Waals surface area contributed by atoms with Crippen LogP contribution in [0.4, 0.5) is 0 Å². The molecule has 2 atom stereocenters. The van der Waals surface area contributed by atoms with Crippen molar-refractivity contribution < 1.29 is 149 Å². The van der Waals surface area contributed by atoms with Crippen LogP contribution in [0.5, 0.6) is 11.5 Å². The number of carbonyl (C=O) groups is 10. The van der Waals surface area contributed by atoms with Gasteiger partial charge in [-0.15, -0.1) is 59.1 Å². The Morgan fingerprint density at radius 3 is 1.22 bits per heavy atom. The van der Waals surface area contributed by atoms with Gasteiger partial charge in [-0.1, -0.05) is 81.5 Å². The van der Waals surface area contributed by atoms with Gasteiger partial charge in [0, 0.05) is 132 Å². The molecule has 0 aliphatic carbocycles. The van der Waals surface area contributed by atoms with Crippen LogP contribution >= 0.6 is 82.3 Å². The summed E-state index contributed by atoms with van der Waals surface area (Å²) in [5.41, 5.74) is 14.6. The van der Waals surface area contributed by atoms with E-state index in [1.54, 1.807) is 128 Å². The third kappa shape index (κ3) is 40.0. The number of hydrogen-bond acceptors (Lipinski definition) is 25. The fourth-order valence-electron chi connectivity index (χ4n) is 10.2. The van der Waals surface area contributed by atoms with E-state index < -0.39 is 53.6 Å². The first-order valence-corrected chi connectivity index (χ1v) is 38.4. The molecular formula is C85H99Cl5KN7O20S2. The van der Waals surface area contributed by atoms with Crippen molar-refractivity contribution in [2.45, 2.75) is 119 Å². The molecule has 0 radical (unpaired) electrons. The number of Topliss-reactive ketones (excluding diaryl/α,β-unsaturated/α-hetero) is 2. The van der Waals surface area contributed by atoms with Crippen molar-refractivity contribution in [1.29, 1.82) is 0 Å². The zero-order valence-corrected chi connectivity index (χ0v) is 74.3. The third-order valence-electron chi connectivity index (χ3n) is 15.7. The van der Waals surface area contributed by atoms with E-state index in [1.807, 2.05) is 72.8 Å². The molecule has 0 bridgehead atoms. The standard InChI is InChI=1S/C24H21ClN2O3S.C15H14ClNO2S.C13H17NO4.C9H9NO4.C9H9NO2.C7H12O4.C6H6ClN.2CH4.2ClH.K.H2O/c1-14(8-16-4-3-7-26-12-16)24(29)27-13-19-10-18-9-17(11-20(25)23(18)30-19)22-6-5-21(31-22)15(2)28;1-8(18)13-2-3-14(20-13)9-4-10-5-11(7-17)19-15(10)12(16)6-9;1-3-17-12(15)11(13(16)18-4-2)8-10-6-5-7-14-9-10;11-8(12)7(9(13)14)4-6-2-1-3-10-5-6;1-7(9(11)12)5-8-3-2-4-10-6-8;1-3-10-6(8)5-7(9)11-4-2;7-4-6-2-1-3-8-5-6;;;;;;/h3-7,9,11-12,19H,1,8,10,13H2,2H3,(H,27,29);2-4,6,11H,5,7,17H2,1H3;5-7,9,11H,3-4,8H2,1-2H3;1-3,5,7H,4H2,(H,11,12)(H,13,14);2-4,6H,1,5H2,(H,11,12);3-5H2,1-2H3;1-3,5H,4H2;2*1H4;2*1H;;1H2/q;;;;;;;;;;;+1;/p-1. The average Bonchev–Trinajstić information content (AvgIpc) is 1.64. The van der Waals surface area contributed by atoms with Gasteiger partial charge < -0.3 is 60.3 Å². The normalized spacial score (nSPS) is 11.6. The first-order valence-electron chi connectivity index (χ1n) is 35.5. The molecule has 11 rings (SSSR count). The quantitative estimate of drug-likeness (QED) is 0.00578. The van der Waals surface area contributed by atoms with Gasteiger partial charge in [0.25, 0.3) is 0 Å². The SMILES string of the molecule is C.C.C=C(Cc1cccnc1)C(=O)NCC1Cc2cc(-c3ccc(C(C)=O)s3)cc(Cl)c2O1.C=C(Cc1cccnc1)C(=O)O.CC(=O)c1ccc(-c2cc(Cl)c3c(c2)CC(CN)O3)s1.CCOC(=O)C(Cc1cccnc1)C(=O)OCC.CCOC(=O)CC(=O)OCC.Cl.Cl.ClCc1cccnc1.O=C(O)C(Cc1cccnc1)C(=O)O.[K+].[OH-]. The van der Waals surface area contributed by atoms with Gasteiger partial charge in [0.05, 0.1) is 52.8 Å². The number of ether oxygens (including phenoxy) is 6. The molecular weight excluding hydrogens is 1720 g/mol. The minimum Gasteiger partial charge on any atom is -0.870 e. The molecule has 0 spiro atoms. The van der Waals surface area contributed by atoms with Crippen LogP contribution in [-0.4, -0.2) is 157 Å². The predicted octanol–water partition coefficient (Wildman–Crippen LogP) is 12.7. The zero-order valence-electron chi connectivity index (χ0n) is 65.7. The minimum absolute atomic E-state index is 0. The van der Waals surface area contributed by atoms with Gasteiger partial charge >= 0.3 is 93.2 Å². The van der Waals surface area contributed by atoms with Gasteiger partial charge in [0.15, 0.2) is 23.4 Å². The molecule has 2 aliphatic rings. The van der Waals surface area contributed by atoms with E-state index in [0.29, 0.717) is 65.2 Å². The minimum atomic E-state index is -1.40. The summed E-state index contributed by atoms with van der Waals surface area (Å²) < 4.78 is 30.5. The van der Waals surface area contributed by atoms with Crippen LogP contribution in [0.15, 0.2) is 195 Å². The Bertz CT molecular complexity index is 4650. The van der Waals surface area contributed by atoms with Crippen LogP contribution in [0.1, 0.15) is 121 Å². The molecule has 120 heavy (non-hydrogen) atoms. The molecule has 27 nitrogen and oxygen atoms in total. The van der Waals surface area contributed by atoms with Crippen LogP contribution in [-0.2, 0) is 102 Å². The summed E-state index contributed by atoms with van der Waals surface area (Å²) in [5, 5.41) is 29.8. The number of alkyl halides is 1. The number of nitrogens with two attached hydrogens (primary N) is 1. The maximum Gasteiger partial charge on any atom is 1.00 e. The predicted molar refractivity (Wildman–Crippen MR) is 463 cm³/mol. The second-order valence-electron chi connectivity index (χ2n) is 24.5. The number of benzene rings is 2. The van der Waals surface area contributed by atoms with E-state index in [4.69, 9.17) is 74.8 Å². The van der Waals surface area contributed by atoms with Crippen LogP contribution in [0, 0.1) is 11.8 Å². The molecule has 0 saturated carbocycles. The number of rotatable bonds is 28. The van der Waals surface area contributed by atoms with E-state index in [-0.39, 0.29) is 177 Å². The maximum atomic E-state index is 12.4. The van der Waals surface area contributed by atoms with Gasteiger partial charge in [0.1, 0.15) is 30.1 Å². The van der Waals surface area contributed by atoms with E-state index in [9.17, 15) is 47.9 Å². The molecule has 9 aromatic rings. The van der Waals surface area contributed by atoms with E-state index in [1.165, 1.54) is 28.9 Å². The summed E-state index contributed by atoms with van der Waals surface area (Å²) in [6.07, 6.45) is 18.4. The second-order valence-corrected chi connectivity index (χ2v) is 27.7. The first kappa shape index (κ1) is 113. The molecule has 642 valence electrons. The number of ketones is 2. The van der Waals surface area contributed by atoms with Gasteiger partial charge in [-0.25, -0.2) is 4.79 Å². The summed E-state index contributed by atoms with van der Waals surface area (Å²) in [4.78, 5) is 134. The number of carboxylic acids is 3. The smallest absolute Gasteiger partial charge is 0.870 e. The number of carbonyl (C=O) groups excluding carboxylic acids is 7. The molecule has 35 heteroatoms. The van der Waals surface area contributed by atoms with Gasteiger partial charge in [-0.2, -0.15) is 0 Å². The van der Waals surface area contributed by atoms with Crippen molar-refractivity contribution in [2.75, 3.05) is 39.5 Å². The Labute approximate surface area is 776 Å². The number of hydrogen-bond donors (Lipinski definition) is 5. The van der Waals surface area contributed by atoms with Crippen LogP contribution in [0.2, 0.25) is 10.0 Å². The summed E-state index contributed by atoms with van der Waals surface area (Å²) in [6.45, 7) is 19.1. The number of aliphatic carboxylic acids is 3. The topological polar surface area (TPSA) is 419 Å². The zero-order chi connectivity index (χ0) is 83.7. The van der Waals surface area contributed by atoms with Gasteiger partial charge in [-0.3, -0.25) is 68.1 Å². The number of thiophene rings is 2. The van der Waals surface area contributed by atoms with E-state index in [0.717, 1.165) is 76.2 Å². The fraction of sp³-hybridized carbons (Fsp3) is 0.306. The van der Waals surface area contributed by atoms with Crippen molar-refractivity contribution in [3.8, 4) is 32.4 Å². The third-order valence-corrected chi connectivity index (χ3v) is 19.0. The Balaban J connectivity index is 0. The van der Waals surface area contributed by atoms with Crippen LogP contribution < -0.4 is 71.9 Å². The number of nitrogens with one attached hydrogen (secondary N) is 1. The molecule has 9 heterocycles. The Hall–Kier alpha value is -9.22. The number of carboxylic acid groups (broad SMARTS) is 3. The number of amides is 1. The first-order chi connectivity index (χ1) is 54.6. The Morgan fingerprint density at radius 2 is 0.892 bits per heavy atom. The van der Waals surface area contributed by atoms with E-state index >= 15 is 0 Å². The van der Waals surface area contributed by atoms with Gasteiger partial charge in [-0.05, 0) is 172 Å².